The molecule has 0 aromatic heterocycles. The van der Waals surface area contributed by atoms with Crippen LogP contribution < -0.4 is 0 Å². The van der Waals surface area contributed by atoms with Gasteiger partial charge in [-0.15, -0.1) is 0 Å². The summed E-state index contributed by atoms with van der Waals surface area (Å²) in [7, 11) is 0. The normalized spacial score (nSPS) is 9.08. The lowest BCUT2D eigenvalue weighted by molar-refractivity contribution is 0.182. The van der Waals surface area contributed by atoms with Gasteiger partial charge in [-0.2, -0.15) is 0 Å². The molecular formula is C11H11ClO. The SMILES string of the molecule is CCOCC#Cc1ccc(Cl)cc1. The van der Waals surface area contributed by atoms with E-state index in [1.165, 1.54) is 0 Å². The Hall–Kier alpha value is -0.970. The maximum Gasteiger partial charge on any atom is 0.108 e. The highest BCUT2D eigenvalue weighted by molar-refractivity contribution is 6.30. The van der Waals surface area contributed by atoms with E-state index in [1.54, 1.807) is 0 Å². The fourth-order valence-corrected chi connectivity index (χ4v) is 0.950. The second kappa shape index (κ2) is 5.64. The molecule has 1 aromatic rings. The Kier molecular flexibility index (Phi) is 4.39. The van der Waals surface area contributed by atoms with Gasteiger partial charge in [0.25, 0.3) is 0 Å². The number of halogens is 1. The molecular weight excluding hydrogens is 184 g/mol. The van der Waals surface area contributed by atoms with Gasteiger partial charge in [0.15, 0.2) is 0 Å². The van der Waals surface area contributed by atoms with Crippen LogP contribution in [0.25, 0.3) is 0 Å². The Morgan fingerprint density at radius 1 is 1.31 bits per heavy atom. The van der Waals surface area contributed by atoms with Gasteiger partial charge >= 0.3 is 0 Å². The van der Waals surface area contributed by atoms with Gasteiger partial charge in [-0.25, -0.2) is 0 Å². The fraction of sp³-hybridized carbons (Fsp3) is 0.273. The van der Waals surface area contributed by atoms with Crippen LogP contribution in [0.4, 0.5) is 0 Å². The summed E-state index contributed by atoms with van der Waals surface area (Å²) in [6.07, 6.45) is 0. The van der Waals surface area contributed by atoms with Crippen LogP contribution >= 0.6 is 11.6 Å². The van der Waals surface area contributed by atoms with Gasteiger partial charge in [0.05, 0.1) is 0 Å². The molecule has 0 N–H and O–H groups in total. The van der Waals surface area contributed by atoms with Crippen molar-refractivity contribution < 1.29 is 4.74 Å². The van der Waals surface area contributed by atoms with Crippen molar-refractivity contribution in [1.82, 2.24) is 0 Å². The summed E-state index contributed by atoms with van der Waals surface area (Å²) in [6.45, 7) is 3.14. The zero-order valence-corrected chi connectivity index (χ0v) is 8.27. The first-order chi connectivity index (χ1) is 6.33. The molecule has 0 amide bonds. The van der Waals surface area contributed by atoms with E-state index in [4.69, 9.17) is 16.3 Å². The van der Waals surface area contributed by atoms with E-state index in [0.717, 1.165) is 10.6 Å². The number of rotatable bonds is 2. The minimum absolute atomic E-state index is 0.485. The highest BCUT2D eigenvalue weighted by atomic mass is 35.5. The summed E-state index contributed by atoms with van der Waals surface area (Å²) < 4.78 is 5.08. The molecule has 0 saturated carbocycles. The summed E-state index contributed by atoms with van der Waals surface area (Å²) >= 11 is 5.72. The number of benzene rings is 1. The Labute approximate surface area is 83.7 Å². The van der Waals surface area contributed by atoms with Crippen LogP contribution in [0.5, 0.6) is 0 Å². The number of hydrogen-bond acceptors (Lipinski definition) is 1. The molecule has 1 aromatic carbocycles. The van der Waals surface area contributed by atoms with E-state index < -0.39 is 0 Å². The predicted octanol–water partition coefficient (Wildman–Crippen LogP) is 2.73. The van der Waals surface area contributed by atoms with Crippen molar-refractivity contribution in [2.24, 2.45) is 0 Å². The highest BCUT2D eigenvalue weighted by Crippen LogP contribution is 2.08. The molecule has 2 heteroatoms. The maximum absolute atomic E-state index is 5.72. The second-order valence-electron chi connectivity index (χ2n) is 2.45. The summed E-state index contributed by atoms with van der Waals surface area (Å²) in [4.78, 5) is 0. The van der Waals surface area contributed by atoms with Crippen LogP contribution in [0.1, 0.15) is 12.5 Å². The summed E-state index contributed by atoms with van der Waals surface area (Å²) in [5.74, 6) is 5.88. The first-order valence-electron chi connectivity index (χ1n) is 4.15. The molecule has 0 radical (unpaired) electrons. The highest BCUT2D eigenvalue weighted by Gasteiger charge is 1.86. The van der Waals surface area contributed by atoms with Crippen molar-refractivity contribution in [3.8, 4) is 11.8 Å². The molecule has 0 aliphatic heterocycles. The van der Waals surface area contributed by atoms with Crippen molar-refractivity contribution in [3.05, 3.63) is 34.9 Å². The molecule has 0 atom stereocenters. The third kappa shape index (κ3) is 3.98. The third-order valence-electron chi connectivity index (χ3n) is 1.46. The molecule has 0 fully saturated rings. The molecule has 13 heavy (non-hydrogen) atoms. The average Bonchev–Trinajstić information content (AvgIpc) is 2.15. The smallest absolute Gasteiger partial charge is 0.108 e. The summed E-state index contributed by atoms with van der Waals surface area (Å²) in [5.41, 5.74) is 0.962. The zero-order chi connectivity index (χ0) is 9.52. The van der Waals surface area contributed by atoms with Gasteiger partial charge < -0.3 is 4.74 Å². The molecule has 0 saturated heterocycles. The Bertz CT molecular complexity index is 305. The van der Waals surface area contributed by atoms with E-state index in [-0.39, 0.29) is 0 Å². The number of hydrogen-bond donors (Lipinski definition) is 0. The van der Waals surface area contributed by atoms with Gasteiger partial charge in [0.2, 0.25) is 0 Å². The second-order valence-corrected chi connectivity index (χ2v) is 2.88. The molecule has 0 bridgehead atoms. The first kappa shape index (κ1) is 10.1. The molecule has 0 unspecified atom stereocenters. The third-order valence-corrected chi connectivity index (χ3v) is 1.71. The summed E-state index contributed by atoms with van der Waals surface area (Å²) in [5, 5.41) is 0.732. The van der Waals surface area contributed by atoms with Crippen molar-refractivity contribution in [2.45, 2.75) is 6.92 Å². The van der Waals surface area contributed by atoms with Crippen molar-refractivity contribution in [1.29, 1.82) is 0 Å². The van der Waals surface area contributed by atoms with Gasteiger partial charge in [-0.05, 0) is 31.2 Å². The fourth-order valence-electron chi connectivity index (χ4n) is 0.824. The van der Waals surface area contributed by atoms with Crippen molar-refractivity contribution in [2.75, 3.05) is 13.2 Å². The van der Waals surface area contributed by atoms with Gasteiger partial charge in [-0.1, -0.05) is 23.4 Å². The minimum Gasteiger partial charge on any atom is -0.369 e. The molecule has 0 aliphatic carbocycles. The molecule has 1 nitrogen and oxygen atoms in total. The molecule has 0 aliphatic rings. The molecule has 68 valence electrons. The van der Waals surface area contributed by atoms with Crippen molar-refractivity contribution >= 4 is 11.6 Å². The summed E-state index contributed by atoms with van der Waals surface area (Å²) in [6, 6.07) is 7.43. The van der Waals surface area contributed by atoms with Gasteiger partial charge in [-0.3, -0.25) is 0 Å². The van der Waals surface area contributed by atoms with Gasteiger partial charge in [0.1, 0.15) is 6.61 Å². The molecule has 1 rings (SSSR count). The predicted molar refractivity (Wildman–Crippen MR) is 54.8 cm³/mol. The quantitative estimate of drug-likeness (QED) is 0.520. The minimum atomic E-state index is 0.485. The van der Waals surface area contributed by atoms with E-state index in [2.05, 4.69) is 11.8 Å². The Morgan fingerprint density at radius 2 is 2.00 bits per heavy atom. The lowest BCUT2D eigenvalue weighted by Crippen LogP contribution is -1.88. The molecule has 0 spiro atoms. The van der Waals surface area contributed by atoms with Crippen LogP contribution in [0, 0.1) is 11.8 Å². The van der Waals surface area contributed by atoms with Crippen LogP contribution in [0.3, 0.4) is 0 Å². The average molecular weight is 195 g/mol. The number of ether oxygens (including phenoxy) is 1. The lowest BCUT2D eigenvalue weighted by Gasteiger charge is -1.91. The first-order valence-corrected chi connectivity index (χ1v) is 4.53. The van der Waals surface area contributed by atoms with Crippen LogP contribution in [0.15, 0.2) is 24.3 Å². The molecule has 0 heterocycles. The van der Waals surface area contributed by atoms with Crippen LogP contribution in [-0.2, 0) is 4.74 Å². The Balaban J connectivity index is 2.52. The zero-order valence-electron chi connectivity index (χ0n) is 7.51. The van der Waals surface area contributed by atoms with E-state index in [1.807, 2.05) is 31.2 Å². The van der Waals surface area contributed by atoms with Crippen LogP contribution in [0.2, 0.25) is 5.02 Å². The largest absolute Gasteiger partial charge is 0.369 e. The lowest BCUT2D eigenvalue weighted by atomic mass is 10.2. The van der Waals surface area contributed by atoms with E-state index in [9.17, 15) is 0 Å². The standard InChI is InChI=1S/C11H11ClO/c1-2-13-9-3-4-10-5-7-11(12)8-6-10/h5-8H,2,9H2,1H3. The van der Waals surface area contributed by atoms with E-state index in [0.29, 0.717) is 13.2 Å². The topological polar surface area (TPSA) is 9.23 Å². The van der Waals surface area contributed by atoms with Crippen molar-refractivity contribution in [3.63, 3.8) is 0 Å². The van der Waals surface area contributed by atoms with Gasteiger partial charge in [0, 0.05) is 17.2 Å². The maximum atomic E-state index is 5.72. The Morgan fingerprint density at radius 3 is 2.62 bits per heavy atom. The van der Waals surface area contributed by atoms with E-state index >= 15 is 0 Å². The van der Waals surface area contributed by atoms with Crippen LogP contribution in [-0.4, -0.2) is 13.2 Å². The monoisotopic (exact) mass is 194 g/mol.